The van der Waals surface area contributed by atoms with Crippen LogP contribution in [0.4, 0.5) is 26.0 Å². The van der Waals surface area contributed by atoms with Crippen LogP contribution in [-0.2, 0) is 10.0 Å². The van der Waals surface area contributed by atoms with Crippen LogP contribution in [0.2, 0.25) is 0 Å². The number of benzene rings is 2. The Kier molecular flexibility index (Phi) is 6.65. The predicted molar refractivity (Wildman–Crippen MR) is 128 cm³/mol. The second kappa shape index (κ2) is 9.49. The first-order valence-corrected chi connectivity index (χ1v) is 12.7. The minimum atomic E-state index is -3.81. The van der Waals surface area contributed by atoms with Gasteiger partial charge in [0.05, 0.1) is 22.5 Å². The number of carbonyl (C=O) groups is 1. The summed E-state index contributed by atoms with van der Waals surface area (Å²) in [6.45, 7) is 3.45. The van der Waals surface area contributed by atoms with Crippen LogP contribution in [0, 0.1) is 18.6 Å². The van der Waals surface area contributed by atoms with Crippen molar-refractivity contribution in [3.8, 4) is 0 Å². The highest BCUT2D eigenvalue weighted by Crippen LogP contribution is 2.31. The van der Waals surface area contributed by atoms with Gasteiger partial charge < -0.3 is 10.6 Å². The van der Waals surface area contributed by atoms with Crippen LogP contribution in [0.3, 0.4) is 0 Å². The molecule has 8 nitrogen and oxygen atoms in total. The second-order valence-corrected chi connectivity index (χ2v) is 10.2. The Hall–Kier alpha value is -3.34. The zero-order valence-electron chi connectivity index (χ0n) is 18.8. The van der Waals surface area contributed by atoms with E-state index < -0.39 is 38.9 Å². The Morgan fingerprint density at radius 3 is 2.62 bits per heavy atom. The molecule has 0 radical (unpaired) electrons. The molecule has 180 valence electrons. The SMILES string of the molecule is CCCS(=O)(=O)Nc1ccc(F)c(NC(=O)c2cc(C)cc3c(NC4CCC4)ncnc23)c1F. The van der Waals surface area contributed by atoms with Gasteiger partial charge in [0.25, 0.3) is 5.91 Å². The number of halogens is 2. The van der Waals surface area contributed by atoms with E-state index in [1.54, 1.807) is 19.9 Å². The number of nitrogens with one attached hydrogen (secondary N) is 3. The predicted octanol–water partition coefficient (Wildman–Crippen LogP) is 4.58. The number of rotatable bonds is 8. The molecule has 1 fully saturated rings. The van der Waals surface area contributed by atoms with Crippen LogP contribution in [0.5, 0.6) is 0 Å². The van der Waals surface area contributed by atoms with E-state index in [2.05, 4.69) is 25.3 Å². The number of sulfonamides is 1. The van der Waals surface area contributed by atoms with Crippen molar-refractivity contribution in [3.63, 3.8) is 0 Å². The van der Waals surface area contributed by atoms with Gasteiger partial charge >= 0.3 is 0 Å². The summed E-state index contributed by atoms with van der Waals surface area (Å²) in [5.74, 6) is -2.67. The molecule has 0 saturated heterocycles. The Labute approximate surface area is 196 Å². The first kappa shape index (κ1) is 23.8. The number of aromatic nitrogens is 2. The van der Waals surface area contributed by atoms with Crippen molar-refractivity contribution in [1.82, 2.24) is 9.97 Å². The molecule has 0 unspecified atom stereocenters. The lowest BCUT2D eigenvalue weighted by Gasteiger charge is -2.27. The van der Waals surface area contributed by atoms with Gasteiger partial charge in [0, 0.05) is 11.4 Å². The van der Waals surface area contributed by atoms with Crippen LogP contribution in [-0.4, -0.2) is 36.1 Å². The van der Waals surface area contributed by atoms with Gasteiger partial charge in [-0.25, -0.2) is 27.2 Å². The number of amides is 1. The lowest BCUT2D eigenvalue weighted by atomic mass is 9.93. The fourth-order valence-electron chi connectivity index (χ4n) is 3.76. The topological polar surface area (TPSA) is 113 Å². The molecule has 1 aliphatic carbocycles. The van der Waals surface area contributed by atoms with Gasteiger partial charge in [-0.15, -0.1) is 0 Å². The number of nitrogens with zero attached hydrogens (tertiary/aromatic N) is 2. The van der Waals surface area contributed by atoms with E-state index in [1.165, 1.54) is 6.33 Å². The molecule has 1 aliphatic rings. The van der Waals surface area contributed by atoms with Crippen molar-refractivity contribution in [3.05, 3.63) is 53.4 Å². The number of hydrogen-bond acceptors (Lipinski definition) is 6. The fraction of sp³-hybridized carbons (Fsp3) is 0.348. The van der Waals surface area contributed by atoms with Gasteiger partial charge in [-0.3, -0.25) is 9.52 Å². The lowest BCUT2D eigenvalue weighted by molar-refractivity contribution is 0.102. The number of fused-ring (bicyclic) bond motifs is 1. The minimum Gasteiger partial charge on any atom is -0.367 e. The summed E-state index contributed by atoms with van der Waals surface area (Å²) in [5, 5.41) is 6.23. The highest BCUT2D eigenvalue weighted by atomic mass is 32.2. The molecule has 0 aliphatic heterocycles. The third kappa shape index (κ3) is 4.93. The molecule has 0 spiro atoms. The van der Waals surface area contributed by atoms with E-state index in [1.807, 2.05) is 6.07 Å². The molecule has 3 aromatic rings. The average Bonchev–Trinajstić information content (AvgIpc) is 2.75. The molecular formula is C23H25F2N5O3S. The molecule has 0 atom stereocenters. The average molecular weight is 490 g/mol. The molecule has 1 heterocycles. The zero-order valence-corrected chi connectivity index (χ0v) is 19.6. The maximum Gasteiger partial charge on any atom is 0.258 e. The quantitative estimate of drug-likeness (QED) is 0.427. The summed E-state index contributed by atoms with van der Waals surface area (Å²) < 4.78 is 55.6. The Morgan fingerprint density at radius 2 is 1.94 bits per heavy atom. The third-order valence-electron chi connectivity index (χ3n) is 5.64. The summed E-state index contributed by atoms with van der Waals surface area (Å²) in [6, 6.07) is 5.58. The molecule has 11 heteroatoms. The standard InChI is InChI=1S/C23H25F2N5O3S/c1-3-9-34(32,33)30-18-8-7-17(24)21(19(18)25)29-23(31)16-11-13(2)10-15-20(16)26-12-27-22(15)28-14-5-4-6-14/h7-8,10-12,14,30H,3-6,9H2,1-2H3,(H,29,31)(H,26,27,28). The van der Waals surface area contributed by atoms with E-state index in [9.17, 15) is 17.6 Å². The Morgan fingerprint density at radius 1 is 1.18 bits per heavy atom. The normalized spacial score (nSPS) is 14.0. The molecule has 34 heavy (non-hydrogen) atoms. The van der Waals surface area contributed by atoms with E-state index in [0.29, 0.717) is 29.2 Å². The summed E-state index contributed by atoms with van der Waals surface area (Å²) in [6.07, 6.45) is 4.85. The number of carbonyl (C=O) groups excluding carboxylic acids is 1. The smallest absolute Gasteiger partial charge is 0.258 e. The summed E-state index contributed by atoms with van der Waals surface area (Å²) in [7, 11) is -3.81. The van der Waals surface area contributed by atoms with Crippen molar-refractivity contribution in [2.24, 2.45) is 0 Å². The van der Waals surface area contributed by atoms with Crippen LogP contribution >= 0.6 is 0 Å². The van der Waals surface area contributed by atoms with Gasteiger partial charge in [0.15, 0.2) is 5.82 Å². The highest BCUT2D eigenvalue weighted by molar-refractivity contribution is 7.92. The van der Waals surface area contributed by atoms with Gasteiger partial charge in [-0.05, 0) is 62.4 Å². The van der Waals surface area contributed by atoms with Crippen molar-refractivity contribution in [2.45, 2.75) is 45.6 Å². The van der Waals surface area contributed by atoms with E-state index in [4.69, 9.17) is 0 Å². The van der Waals surface area contributed by atoms with Crippen LogP contribution < -0.4 is 15.4 Å². The Bertz CT molecular complexity index is 1360. The maximum atomic E-state index is 15.0. The van der Waals surface area contributed by atoms with E-state index >= 15 is 4.39 Å². The van der Waals surface area contributed by atoms with Crippen molar-refractivity contribution in [1.29, 1.82) is 0 Å². The summed E-state index contributed by atoms with van der Waals surface area (Å²) in [4.78, 5) is 21.7. The monoisotopic (exact) mass is 489 g/mol. The molecule has 1 aromatic heterocycles. The minimum absolute atomic E-state index is 0.116. The van der Waals surface area contributed by atoms with Gasteiger partial charge in [-0.1, -0.05) is 6.92 Å². The van der Waals surface area contributed by atoms with Gasteiger partial charge in [-0.2, -0.15) is 0 Å². The number of aryl methyl sites for hydroxylation is 1. The molecule has 4 rings (SSSR count). The molecule has 0 bridgehead atoms. The number of hydrogen-bond donors (Lipinski definition) is 3. The molecule has 2 aromatic carbocycles. The highest BCUT2D eigenvalue weighted by Gasteiger charge is 2.23. The van der Waals surface area contributed by atoms with Crippen LogP contribution in [0.15, 0.2) is 30.6 Å². The van der Waals surface area contributed by atoms with Gasteiger partial charge in [0.1, 0.15) is 23.6 Å². The van der Waals surface area contributed by atoms with Crippen molar-refractivity contribution in [2.75, 3.05) is 21.1 Å². The summed E-state index contributed by atoms with van der Waals surface area (Å²) in [5.41, 5.74) is -0.0108. The van der Waals surface area contributed by atoms with Crippen molar-refractivity contribution < 1.29 is 22.0 Å². The fourth-order valence-corrected chi connectivity index (χ4v) is 4.89. The van der Waals surface area contributed by atoms with E-state index in [-0.39, 0.29) is 11.3 Å². The zero-order chi connectivity index (χ0) is 24.5. The van der Waals surface area contributed by atoms with Crippen molar-refractivity contribution >= 4 is 44.0 Å². The van der Waals surface area contributed by atoms with E-state index in [0.717, 1.165) is 37.0 Å². The summed E-state index contributed by atoms with van der Waals surface area (Å²) >= 11 is 0. The number of anilines is 3. The first-order valence-electron chi connectivity index (χ1n) is 11.0. The second-order valence-electron chi connectivity index (χ2n) is 8.36. The van der Waals surface area contributed by atoms with Gasteiger partial charge in [0.2, 0.25) is 10.0 Å². The first-order chi connectivity index (χ1) is 16.2. The van der Waals surface area contributed by atoms with Crippen LogP contribution in [0.25, 0.3) is 10.9 Å². The molecule has 1 saturated carbocycles. The maximum absolute atomic E-state index is 15.0. The largest absolute Gasteiger partial charge is 0.367 e. The Balaban J connectivity index is 1.68. The molecule has 1 amide bonds. The molecular weight excluding hydrogens is 464 g/mol. The lowest BCUT2D eigenvalue weighted by Crippen LogP contribution is -2.27. The van der Waals surface area contributed by atoms with Crippen LogP contribution in [0.1, 0.15) is 48.5 Å². The third-order valence-corrected chi connectivity index (χ3v) is 7.12. The molecule has 3 N–H and O–H groups in total.